The van der Waals surface area contributed by atoms with Gasteiger partial charge in [-0.2, -0.15) is 0 Å². The second-order valence-electron chi connectivity index (χ2n) is 3.71. The first-order valence-electron chi connectivity index (χ1n) is 4.96. The fourth-order valence-electron chi connectivity index (χ4n) is 2.24. The van der Waals surface area contributed by atoms with Crippen LogP contribution in [0.5, 0.6) is 5.75 Å². The van der Waals surface area contributed by atoms with Gasteiger partial charge in [0, 0.05) is 17.8 Å². The Morgan fingerprint density at radius 3 is 3.23 bits per heavy atom. The van der Waals surface area contributed by atoms with Crippen LogP contribution < -0.4 is 10.1 Å². The van der Waals surface area contributed by atoms with Crippen LogP contribution in [0.3, 0.4) is 0 Å². The van der Waals surface area contributed by atoms with E-state index in [9.17, 15) is 0 Å². The van der Waals surface area contributed by atoms with E-state index in [0.717, 1.165) is 25.3 Å². The average Bonchev–Trinajstić information content (AvgIpc) is 2.65. The van der Waals surface area contributed by atoms with Gasteiger partial charge in [0.05, 0.1) is 6.61 Å². The van der Waals surface area contributed by atoms with Crippen LogP contribution in [0.2, 0.25) is 0 Å². The smallest absolute Gasteiger partial charge is 0.124 e. The average molecular weight is 175 g/mol. The van der Waals surface area contributed by atoms with Crippen LogP contribution in [0.1, 0.15) is 17.5 Å². The molecule has 2 nitrogen and oxygen atoms in total. The Morgan fingerprint density at radius 1 is 1.23 bits per heavy atom. The van der Waals surface area contributed by atoms with Crippen molar-refractivity contribution in [3.63, 3.8) is 0 Å². The summed E-state index contributed by atoms with van der Waals surface area (Å²) in [7, 11) is 0. The first kappa shape index (κ1) is 7.25. The Bertz CT molecular complexity index is 346. The van der Waals surface area contributed by atoms with Crippen molar-refractivity contribution < 1.29 is 4.74 Å². The third kappa shape index (κ3) is 1.01. The third-order valence-electron chi connectivity index (χ3n) is 2.88. The van der Waals surface area contributed by atoms with Gasteiger partial charge in [-0.1, -0.05) is 6.07 Å². The van der Waals surface area contributed by atoms with Crippen LogP contribution in [0.15, 0.2) is 12.1 Å². The van der Waals surface area contributed by atoms with Gasteiger partial charge in [-0.25, -0.2) is 0 Å². The highest BCUT2D eigenvalue weighted by atomic mass is 16.5. The zero-order chi connectivity index (χ0) is 8.67. The van der Waals surface area contributed by atoms with E-state index in [1.165, 1.54) is 29.7 Å². The molecule has 3 rings (SSSR count). The summed E-state index contributed by atoms with van der Waals surface area (Å²) in [5.41, 5.74) is 4.22. The summed E-state index contributed by atoms with van der Waals surface area (Å²) in [6.07, 6.45) is 3.50. The predicted octanol–water partition coefficient (Wildman–Crippen LogP) is 1.98. The highest BCUT2D eigenvalue weighted by Crippen LogP contribution is 2.36. The molecule has 0 radical (unpaired) electrons. The van der Waals surface area contributed by atoms with Crippen LogP contribution in [0.4, 0.5) is 5.69 Å². The third-order valence-corrected chi connectivity index (χ3v) is 2.88. The molecule has 1 aromatic rings. The zero-order valence-corrected chi connectivity index (χ0v) is 7.60. The molecule has 1 N–H and O–H groups in total. The van der Waals surface area contributed by atoms with Gasteiger partial charge in [0.2, 0.25) is 0 Å². The van der Waals surface area contributed by atoms with Crippen LogP contribution in [-0.4, -0.2) is 13.2 Å². The highest BCUT2D eigenvalue weighted by molar-refractivity contribution is 5.66. The lowest BCUT2D eigenvalue weighted by atomic mass is 10.0. The molecule has 1 aromatic carbocycles. The Balaban J connectivity index is 2.17. The molecule has 0 saturated heterocycles. The highest BCUT2D eigenvalue weighted by Gasteiger charge is 2.20. The maximum Gasteiger partial charge on any atom is 0.124 e. The van der Waals surface area contributed by atoms with Crippen molar-refractivity contribution >= 4 is 5.69 Å². The number of hydrogen-bond acceptors (Lipinski definition) is 2. The number of fused-ring (bicyclic) bond motifs is 3. The largest absolute Gasteiger partial charge is 0.493 e. The molecule has 2 aliphatic rings. The van der Waals surface area contributed by atoms with E-state index in [4.69, 9.17) is 4.74 Å². The van der Waals surface area contributed by atoms with E-state index < -0.39 is 0 Å². The second-order valence-corrected chi connectivity index (χ2v) is 3.71. The lowest BCUT2D eigenvalue weighted by Gasteiger charge is -2.19. The maximum atomic E-state index is 5.61. The first-order chi connectivity index (χ1) is 6.45. The van der Waals surface area contributed by atoms with Gasteiger partial charge in [0.1, 0.15) is 5.75 Å². The molecule has 2 heterocycles. The summed E-state index contributed by atoms with van der Waals surface area (Å²) in [6, 6.07) is 4.32. The summed E-state index contributed by atoms with van der Waals surface area (Å²) in [6.45, 7) is 1.97. The van der Waals surface area contributed by atoms with E-state index in [1.54, 1.807) is 0 Å². The summed E-state index contributed by atoms with van der Waals surface area (Å²) < 4.78 is 5.61. The number of nitrogens with one attached hydrogen (secondary N) is 1. The Hall–Kier alpha value is -1.18. The lowest BCUT2D eigenvalue weighted by Crippen LogP contribution is -2.10. The van der Waals surface area contributed by atoms with Crippen molar-refractivity contribution in [2.75, 3.05) is 18.5 Å². The number of benzene rings is 1. The van der Waals surface area contributed by atoms with Crippen LogP contribution >= 0.6 is 0 Å². The zero-order valence-electron chi connectivity index (χ0n) is 7.60. The molecule has 0 spiro atoms. The number of rotatable bonds is 0. The molecule has 0 amide bonds. The normalized spacial score (nSPS) is 18.5. The summed E-state index contributed by atoms with van der Waals surface area (Å²) in [5, 5.41) is 3.45. The van der Waals surface area contributed by atoms with E-state index in [0.29, 0.717) is 0 Å². The lowest BCUT2D eigenvalue weighted by molar-refractivity contribution is 0.289. The van der Waals surface area contributed by atoms with Gasteiger partial charge in [-0.3, -0.25) is 0 Å². The fraction of sp³-hybridized carbons (Fsp3) is 0.455. The number of anilines is 1. The van der Waals surface area contributed by atoms with E-state index >= 15 is 0 Å². The predicted molar refractivity (Wildman–Crippen MR) is 52.5 cm³/mol. The summed E-state index contributed by atoms with van der Waals surface area (Å²) in [4.78, 5) is 0. The monoisotopic (exact) mass is 175 g/mol. The van der Waals surface area contributed by atoms with Crippen molar-refractivity contribution in [3.05, 3.63) is 23.3 Å². The van der Waals surface area contributed by atoms with Crippen LogP contribution in [-0.2, 0) is 12.8 Å². The van der Waals surface area contributed by atoms with Crippen molar-refractivity contribution in [2.45, 2.75) is 19.3 Å². The van der Waals surface area contributed by atoms with Gasteiger partial charge >= 0.3 is 0 Å². The minimum atomic E-state index is 0.881. The molecule has 2 aliphatic heterocycles. The number of ether oxygens (including phenoxy) is 1. The van der Waals surface area contributed by atoms with E-state index in [1.807, 2.05) is 0 Å². The van der Waals surface area contributed by atoms with Crippen molar-refractivity contribution in [1.82, 2.24) is 0 Å². The van der Waals surface area contributed by atoms with Gasteiger partial charge in [0.15, 0.2) is 0 Å². The molecule has 0 aromatic heterocycles. The minimum Gasteiger partial charge on any atom is -0.493 e. The molecule has 13 heavy (non-hydrogen) atoms. The SMILES string of the molecule is c1cc2c(c3c1CCN3)CCCO2. The molecule has 0 unspecified atom stereocenters. The topological polar surface area (TPSA) is 21.3 Å². The molecule has 0 saturated carbocycles. The van der Waals surface area contributed by atoms with Crippen molar-refractivity contribution in [1.29, 1.82) is 0 Å². The van der Waals surface area contributed by atoms with Crippen molar-refractivity contribution in [2.24, 2.45) is 0 Å². The van der Waals surface area contributed by atoms with E-state index in [2.05, 4.69) is 17.4 Å². The standard InChI is InChI=1S/C11H13NO/c1-2-9-10(13-7-1)4-3-8-5-6-12-11(8)9/h3-4,12H,1-2,5-7H2. The second kappa shape index (κ2) is 2.66. The van der Waals surface area contributed by atoms with E-state index in [-0.39, 0.29) is 0 Å². The molecular weight excluding hydrogens is 162 g/mol. The maximum absolute atomic E-state index is 5.61. The van der Waals surface area contributed by atoms with Gasteiger partial charge in [-0.15, -0.1) is 0 Å². The Kier molecular flexibility index (Phi) is 1.48. The Morgan fingerprint density at radius 2 is 2.23 bits per heavy atom. The van der Waals surface area contributed by atoms with Gasteiger partial charge in [-0.05, 0) is 30.9 Å². The summed E-state index contributed by atoms with van der Waals surface area (Å²) in [5.74, 6) is 1.10. The molecule has 0 bridgehead atoms. The Labute approximate surface area is 77.9 Å². The fourth-order valence-corrected chi connectivity index (χ4v) is 2.24. The van der Waals surface area contributed by atoms with Gasteiger partial charge < -0.3 is 10.1 Å². The van der Waals surface area contributed by atoms with Crippen LogP contribution in [0.25, 0.3) is 0 Å². The van der Waals surface area contributed by atoms with Crippen molar-refractivity contribution in [3.8, 4) is 5.75 Å². The van der Waals surface area contributed by atoms with Gasteiger partial charge in [0.25, 0.3) is 0 Å². The molecule has 0 fully saturated rings. The van der Waals surface area contributed by atoms with Crippen LogP contribution in [0, 0.1) is 0 Å². The molecule has 2 heteroatoms. The molecule has 0 atom stereocenters. The minimum absolute atomic E-state index is 0.881. The molecular formula is C11H13NO. The number of hydrogen-bond donors (Lipinski definition) is 1. The summed E-state index contributed by atoms with van der Waals surface area (Å²) >= 11 is 0. The molecule has 0 aliphatic carbocycles. The quantitative estimate of drug-likeness (QED) is 0.651. The first-order valence-corrected chi connectivity index (χ1v) is 4.96. The molecule has 68 valence electrons.